The fraction of sp³-hybridized carbons (Fsp3) is 0.500. The van der Waals surface area contributed by atoms with Gasteiger partial charge in [-0.05, 0) is 25.0 Å². The highest BCUT2D eigenvalue weighted by Gasteiger charge is 2.12. The van der Waals surface area contributed by atoms with E-state index in [1.165, 1.54) is 19.3 Å². The van der Waals surface area contributed by atoms with Crippen LogP contribution in [-0.4, -0.2) is 28.0 Å². The molecule has 130 valence electrons. The zero-order valence-electron chi connectivity index (χ0n) is 14.7. The molecule has 2 aromatic rings. The van der Waals surface area contributed by atoms with E-state index < -0.39 is 0 Å². The van der Waals surface area contributed by atoms with Gasteiger partial charge in [-0.15, -0.1) is 0 Å². The molecule has 3 N–H and O–H groups in total. The molecule has 0 aliphatic rings. The van der Waals surface area contributed by atoms with Gasteiger partial charge in [0.2, 0.25) is 17.8 Å². The normalized spacial score (nSPS) is 10.6. The Kier molecular flexibility index (Phi) is 7.26. The number of nitrogens with one attached hydrogen (secondary N) is 1. The molecule has 0 aliphatic heterocycles. The van der Waals surface area contributed by atoms with Crippen LogP contribution in [-0.2, 0) is 0 Å². The monoisotopic (exact) mass is 328 g/mol. The number of hydrogen-bond acceptors (Lipinski definition) is 6. The molecule has 0 aliphatic carbocycles. The molecule has 1 aromatic carbocycles. The quantitative estimate of drug-likeness (QED) is 0.642. The minimum Gasteiger partial charge on any atom is -0.368 e. The van der Waals surface area contributed by atoms with Crippen LogP contribution >= 0.6 is 0 Å². The van der Waals surface area contributed by atoms with E-state index in [0.717, 1.165) is 31.6 Å². The number of nitrogen functional groups attached to an aromatic ring is 1. The van der Waals surface area contributed by atoms with E-state index in [1.54, 1.807) is 0 Å². The summed E-state index contributed by atoms with van der Waals surface area (Å²) in [7, 11) is 0. The largest absolute Gasteiger partial charge is 0.368 e. The van der Waals surface area contributed by atoms with Crippen molar-refractivity contribution in [3.05, 3.63) is 30.3 Å². The molecule has 0 saturated heterocycles. The van der Waals surface area contributed by atoms with Crippen molar-refractivity contribution in [2.24, 2.45) is 0 Å². The van der Waals surface area contributed by atoms with Crippen molar-refractivity contribution in [1.82, 2.24) is 15.0 Å². The Morgan fingerprint density at radius 2 is 1.71 bits per heavy atom. The first-order valence-electron chi connectivity index (χ1n) is 8.81. The fourth-order valence-corrected chi connectivity index (χ4v) is 2.54. The second kappa shape index (κ2) is 9.70. The highest BCUT2D eigenvalue weighted by molar-refractivity contribution is 5.55. The molecule has 0 radical (unpaired) electrons. The van der Waals surface area contributed by atoms with Crippen molar-refractivity contribution < 1.29 is 0 Å². The lowest BCUT2D eigenvalue weighted by molar-refractivity contribution is 0.631. The lowest BCUT2D eigenvalue weighted by atomic mass is 10.2. The molecule has 0 unspecified atom stereocenters. The predicted molar refractivity (Wildman–Crippen MR) is 101 cm³/mol. The molecule has 1 aromatic heterocycles. The van der Waals surface area contributed by atoms with Gasteiger partial charge in [0.15, 0.2) is 0 Å². The molecule has 0 bridgehead atoms. The number of nitrogens with two attached hydrogens (primary N) is 1. The number of hydrogen-bond donors (Lipinski definition) is 2. The predicted octanol–water partition coefficient (Wildman–Crippen LogP) is 3.99. The molecule has 6 heteroatoms. The zero-order chi connectivity index (χ0) is 17.2. The van der Waals surface area contributed by atoms with Crippen LogP contribution < -0.4 is 16.0 Å². The van der Waals surface area contributed by atoms with Gasteiger partial charge in [0, 0.05) is 18.8 Å². The van der Waals surface area contributed by atoms with Gasteiger partial charge in [0.05, 0.1) is 0 Å². The van der Waals surface area contributed by atoms with Gasteiger partial charge in [0.1, 0.15) is 0 Å². The summed E-state index contributed by atoms with van der Waals surface area (Å²) in [5.41, 5.74) is 6.82. The van der Waals surface area contributed by atoms with Gasteiger partial charge in [-0.1, -0.05) is 51.3 Å². The molecule has 0 saturated carbocycles. The van der Waals surface area contributed by atoms with Crippen molar-refractivity contribution in [3.8, 4) is 0 Å². The van der Waals surface area contributed by atoms with E-state index in [4.69, 9.17) is 5.73 Å². The number of para-hydroxylation sites is 1. The number of unbranched alkanes of at least 4 members (excludes halogenated alkanes) is 3. The van der Waals surface area contributed by atoms with Gasteiger partial charge >= 0.3 is 0 Å². The van der Waals surface area contributed by atoms with E-state index in [1.807, 2.05) is 30.3 Å². The molecule has 24 heavy (non-hydrogen) atoms. The minimum absolute atomic E-state index is 0.244. The first-order valence-corrected chi connectivity index (χ1v) is 8.81. The van der Waals surface area contributed by atoms with Crippen molar-refractivity contribution in [1.29, 1.82) is 0 Å². The van der Waals surface area contributed by atoms with Crippen molar-refractivity contribution in [2.45, 2.75) is 46.0 Å². The Morgan fingerprint density at radius 1 is 0.917 bits per heavy atom. The average Bonchev–Trinajstić information content (AvgIpc) is 2.58. The standard InChI is InChI=1S/C18H28N6/c1-3-5-6-10-14-24(13-4-2)18-22-16(19)21-17(23-18)20-15-11-8-7-9-12-15/h7-9,11-12H,3-6,10,13-14H2,1-2H3,(H3,19,20,21,22,23). The van der Waals surface area contributed by atoms with Gasteiger partial charge < -0.3 is 16.0 Å². The highest BCUT2D eigenvalue weighted by atomic mass is 15.3. The topological polar surface area (TPSA) is 80.0 Å². The summed E-state index contributed by atoms with van der Waals surface area (Å²) in [5, 5.41) is 3.19. The van der Waals surface area contributed by atoms with Crippen molar-refractivity contribution in [2.75, 3.05) is 29.0 Å². The third-order valence-electron chi connectivity index (χ3n) is 3.73. The maximum absolute atomic E-state index is 5.89. The molecule has 0 atom stereocenters. The third-order valence-corrected chi connectivity index (χ3v) is 3.73. The summed E-state index contributed by atoms with van der Waals surface area (Å²) < 4.78 is 0. The van der Waals surface area contributed by atoms with Crippen molar-refractivity contribution >= 4 is 23.5 Å². The molecular weight excluding hydrogens is 300 g/mol. The summed E-state index contributed by atoms with van der Waals surface area (Å²) >= 11 is 0. The number of anilines is 4. The second-order valence-electron chi connectivity index (χ2n) is 5.86. The summed E-state index contributed by atoms with van der Waals surface area (Å²) in [6.45, 7) is 6.24. The molecule has 2 rings (SSSR count). The maximum atomic E-state index is 5.89. The Hall–Kier alpha value is -2.37. The van der Waals surface area contributed by atoms with Gasteiger partial charge in [0.25, 0.3) is 0 Å². The van der Waals surface area contributed by atoms with Crippen LogP contribution in [0.25, 0.3) is 0 Å². The molecule has 1 heterocycles. The smallest absolute Gasteiger partial charge is 0.233 e. The molecular formula is C18H28N6. The average molecular weight is 328 g/mol. The van der Waals surface area contributed by atoms with Gasteiger partial charge in [-0.2, -0.15) is 15.0 Å². The highest BCUT2D eigenvalue weighted by Crippen LogP contribution is 2.17. The number of aromatic nitrogens is 3. The van der Waals surface area contributed by atoms with E-state index in [0.29, 0.717) is 11.9 Å². The van der Waals surface area contributed by atoms with E-state index in [-0.39, 0.29) is 5.95 Å². The second-order valence-corrected chi connectivity index (χ2v) is 5.86. The SMILES string of the molecule is CCCCCCN(CCC)c1nc(N)nc(Nc2ccccc2)n1. The van der Waals surface area contributed by atoms with Crippen molar-refractivity contribution in [3.63, 3.8) is 0 Å². The van der Waals surface area contributed by atoms with Crippen LogP contribution in [0, 0.1) is 0 Å². The first kappa shape index (κ1) is 18.0. The summed E-state index contributed by atoms with van der Waals surface area (Å²) in [6.07, 6.45) is 5.91. The number of benzene rings is 1. The van der Waals surface area contributed by atoms with E-state index in [9.17, 15) is 0 Å². The lowest BCUT2D eigenvalue weighted by Gasteiger charge is -2.22. The summed E-state index contributed by atoms with van der Waals surface area (Å²) in [4.78, 5) is 15.3. The van der Waals surface area contributed by atoms with Gasteiger partial charge in [-0.25, -0.2) is 0 Å². The van der Waals surface area contributed by atoms with Crippen LogP contribution in [0.3, 0.4) is 0 Å². The number of rotatable bonds is 10. The van der Waals surface area contributed by atoms with Crippen LogP contribution in [0.5, 0.6) is 0 Å². The lowest BCUT2D eigenvalue weighted by Crippen LogP contribution is -2.28. The first-order chi connectivity index (χ1) is 11.7. The summed E-state index contributed by atoms with van der Waals surface area (Å²) in [5.74, 6) is 1.38. The Balaban J connectivity index is 2.11. The van der Waals surface area contributed by atoms with Crippen LogP contribution in [0.15, 0.2) is 30.3 Å². The van der Waals surface area contributed by atoms with Crippen LogP contribution in [0.2, 0.25) is 0 Å². The fourth-order valence-electron chi connectivity index (χ4n) is 2.54. The van der Waals surface area contributed by atoms with E-state index >= 15 is 0 Å². The molecule has 0 amide bonds. The van der Waals surface area contributed by atoms with Crippen LogP contribution in [0.1, 0.15) is 46.0 Å². The summed E-state index contributed by atoms with van der Waals surface area (Å²) in [6, 6.07) is 9.83. The molecule has 6 nitrogen and oxygen atoms in total. The maximum Gasteiger partial charge on any atom is 0.233 e. The number of nitrogens with zero attached hydrogens (tertiary/aromatic N) is 4. The van der Waals surface area contributed by atoms with E-state index in [2.05, 4.69) is 39.0 Å². The minimum atomic E-state index is 0.244. The zero-order valence-corrected chi connectivity index (χ0v) is 14.7. The Labute approximate surface area is 144 Å². The Bertz CT molecular complexity index is 602. The molecule has 0 spiro atoms. The van der Waals surface area contributed by atoms with Gasteiger partial charge in [-0.3, -0.25) is 0 Å². The molecule has 0 fully saturated rings. The Morgan fingerprint density at radius 3 is 2.42 bits per heavy atom. The third kappa shape index (κ3) is 5.68. The van der Waals surface area contributed by atoms with Crippen LogP contribution in [0.4, 0.5) is 23.5 Å².